The van der Waals surface area contributed by atoms with E-state index in [4.69, 9.17) is 0 Å². The molecule has 0 spiro atoms. The Labute approximate surface area is 62.8 Å². The lowest BCUT2D eigenvalue weighted by molar-refractivity contribution is -0.110. The second kappa shape index (κ2) is 4.53. The molecule has 1 aliphatic rings. The third kappa shape index (κ3) is 2.84. The first kappa shape index (κ1) is 8.66. The molecule has 0 amide bonds. The van der Waals surface area contributed by atoms with E-state index in [0.29, 0.717) is 5.12 Å². The molecular formula is C4H7ClOS2. The molecule has 0 aliphatic carbocycles. The van der Waals surface area contributed by atoms with Crippen molar-refractivity contribution in [3.05, 3.63) is 0 Å². The van der Waals surface area contributed by atoms with Crippen LogP contribution >= 0.6 is 34.0 Å². The molecule has 1 heterocycles. The smallest absolute Gasteiger partial charge is 0.199 e. The van der Waals surface area contributed by atoms with Crippen molar-refractivity contribution in [2.24, 2.45) is 0 Å². The molecule has 0 aromatic carbocycles. The van der Waals surface area contributed by atoms with Crippen molar-refractivity contribution in [2.45, 2.75) is 12.8 Å². The van der Waals surface area contributed by atoms with Gasteiger partial charge < -0.3 is 0 Å². The van der Waals surface area contributed by atoms with Gasteiger partial charge >= 0.3 is 0 Å². The van der Waals surface area contributed by atoms with Crippen LogP contribution in [0.15, 0.2) is 0 Å². The Balaban J connectivity index is 0.000000490. The molecule has 0 saturated carbocycles. The van der Waals surface area contributed by atoms with Gasteiger partial charge in [0.1, 0.15) is 0 Å². The van der Waals surface area contributed by atoms with Crippen molar-refractivity contribution in [2.75, 3.05) is 5.75 Å². The number of rotatable bonds is 0. The summed E-state index contributed by atoms with van der Waals surface area (Å²) in [5.74, 6) is 1.15. The third-order valence-electron chi connectivity index (χ3n) is 0.760. The van der Waals surface area contributed by atoms with Gasteiger partial charge in [-0.15, -0.1) is 12.4 Å². The second-order valence-electron chi connectivity index (χ2n) is 1.38. The van der Waals surface area contributed by atoms with Crippen LogP contribution in [-0.4, -0.2) is 10.9 Å². The molecule has 0 aromatic heterocycles. The molecule has 1 fully saturated rings. The molecule has 0 atom stereocenters. The van der Waals surface area contributed by atoms with Gasteiger partial charge in [0.15, 0.2) is 5.12 Å². The van der Waals surface area contributed by atoms with Gasteiger partial charge in [-0.05, 0) is 17.2 Å². The first-order chi connectivity index (χ1) is 3.39. The molecule has 8 heavy (non-hydrogen) atoms. The van der Waals surface area contributed by atoms with Crippen LogP contribution in [-0.2, 0) is 4.79 Å². The van der Waals surface area contributed by atoms with Crippen molar-refractivity contribution in [3.8, 4) is 0 Å². The highest BCUT2D eigenvalue weighted by Gasteiger charge is 2.07. The topological polar surface area (TPSA) is 17.1 Å². The molecule has 1 aliphatic heterocycles. The van der Waals surface area contributed by atoms with Gasteiger partial charge in [0.25, 0.3) is 0 Å². The molecule has 1 nitrogen and oxygen atoms in total. The fourth-order valence-corrected chi connectivity index (χ4v) is 2.38. The zero-order valence-corrected chi connectivity index (χ0v) is 6.70. The van der Waals surface area contributed by atoms with E-state index >= 15 is 0 Å². The van der Waals surface area contributed by atoms with Crippen molar-refractivity contribution < 1.29 is 4.79 Å². The van der Waals surface area contributed by atoms with E-state index in [1.54, 1.807) is 10.8 Å². The number of carbonyl (C=O) groups is 1. The summed E-state index contributed by atoms with van der Waals surface area (Å²) in [6.07, 6.45) is 1.87. The molecule has 1 saturated heterocycles. The Morgan fingerprint density at radius 1 is 1.50 bits per heavy atom. The van der Waals surface area contributed by atoms with Crippen LogP contribution < -0.4 is 0 Å². The minimum Gasteiger partial charge on any atom is -0.286 e. The Hall–Kier alpha value is 0.660. The molecular weight excluding hydrogens is 164 g/mol. The van der Waals surface area contributed by atoms with Crippen LogP contribution in [0.25, 0.3) is 0 Å². The first-order valence-corrected chi connectivity index (χ1v) is 4.54. The van der Waals surface area contributed by atoms with Gasteiger partial charge in [0, 0.05) is 12.2 Å². The SMILES string of the molecule is Cl.O=C1CCCSS1. The number of hydrogen-bond acceptors (Lipinski definition) is 3. The quantitative estimate of drug-likeness (QED) is 0.519. The predicted molar refractivity (Wildman–Crippen MR) is 41.5 cm³/mol. The summed E-state index contributed by atoms with van der Waals surface area (Å²) in [5.41, 5.74) is 0. The van der Waals surface area contributed by atoms with Crippen LogP contribution in [0.5, 0.6) is 0 Å². The van der Waals surface area contributed by atoms with Gasteiger partial charge in [-0.25, -0.2) is 0 Å². The molecule has 4 heteroatoms. The lowest BCUT2D eigenvalue weighted by atomic mass is 10.4. The first-order valence-electron chi connectivity index (χ1n) is 2.22. The van der Waals surface area contributed by atoms with Crippen molar-refractivity contribution in [1.29, 1.82) is 0 Å². The Kier molecular flexibility index (Phi) is 4.90. The summed E-state index contributed by atoms with van der Waals surface area (Å²) in [6, 6.07) is 0. The van der Waals surface area contributed by atoms with Crippen molar-refractivity contribution in [1.82, 2.24) is 0 Å². The summed E-state index contributed by atoms with van der Waals surface area (Å²) in [7, 11) is 3.07. The predicted octanol–water partition coefficient (Wildman–Crippen LogP) is 2.11. The maximum Gasteiger partial charge on any atom is 0.199 e. The van der Waals surface area contributed by atoms with Crippen LogP contribution in [0.2, 0.25) is 0 Å². The van der Waals surface area contributed by atoms with Crippen LogP contribution in [0.1, 0.15) is 12.8 Å². The van der Waals surface area contributed by atoms with E-state index in [1.807, 2.05) is 0 Å². The maximum atomic E-state index is 10.4. The fourth-order valence-electron chi connectivity index (χ4n) is 0.424. The minimum atomic E-state index is 0. The lowest BCUT2D eigenvalue weighted by Gasteiger charge is -2.03. The highest BCUT2D eigenvalue weighted by molar-refractivity contribution is 8.82. The Morgan fingerprint density at radius 3 is 2.50 bits per heavy atom. The van der Waals surface area contributed by atoms with Gasteiger partial charge in [-0.2, -0.15) is 0 Å². The van der Waals surface area contributed by atoms with Crippen LogP contribution in [0.3, 0.4) is 0 Å². The van der Waals surface area contributed by atoms with Gasteiger partial charge in [0.2, 0.25) is 0 Å². The van der Waals surface area contributed by atoms with Crippen molar-refractivity contribution >= 4 is 39.1 Å². The molecule has 0 N–H and O–H groups in total. The standard InChI is InChI=1S/C4H6OS2.ClH/c5-4-2-1-3-6-7-4;/h1-3H2;1H. The van der Waals surface area contributed by atoms with E-state index in [1.165, 1.54) is 10.8 Å². The molecule has 0 radical (unpaired) electrons. The van der Waals surface area contributed by atoms with E-state index in [-0.39, 0.29) is 12.4 Å². The second-order valence-corrected chi connectivity index (χ2v) is 3.85. The van der Waals surface area contributed by atoms with Crippen molar-refractivity contribution in [3.63, 3.8) is 0 Å². The number of carbonyl (C=O) groups excluding carboxylic acids is 1. The summed E-state index contributed by atoms with van der Waals surface area (Å²) in [5, 5.41) is 0.344. The average Bonchev–Trinajstić information content (AvgIpc) is 1.69. The number of hydrogen-bond donors (Lipinski definition) is 0. The zero-order chi connectivity index (χ0) is 5.11. The minimum absolute atomic E-state index is 0. The number of halogens is 1. The van der Waals surface area contributed by atoms with Gasteiger partial charge in [-0.3, -0.25) is 4.79 Å². The zero-order valence-electron chi connectivity index (χ0n) is 4.25. The van der Waals surface area contributed by atoms with E-state index in [2.05, 4.69) is 0 Å². The van der Waals surface area contributed by atoms with Crippen LogP contribution in [0, 0.1) is 0 Å². The molecule has 1 rings (SSSR count). The fraction of sp³-hybridized carbons (Fsp3) is 0.750. The van der Waals surface area contributed by atoms with Crippen LogP contribution in [0.4, 0.5) is 0 Å². The summed E-state index contributed by atoms with van der Waals surface area (Å²) >= 11 is 0. The highest BCUT2D eigenvalue weighted by Crippen LogP contribution is 2.29. The summed E-state index contributed by atoms with van der Waals surface area (Å²) < 4.78 is 0. The lowest BCUT2D eigenvalue weighted by Crippen LogP contribution is -1.95. The largest absolute Gasteiger partial charge is 0.286 e. The van der Waals surface area contributed by atoms with E-state index in [0.717, 1.165) is 18.6 Å². The normalized spacial score (nSPS) is 19.8. The van der Waals surface area contributed by atoms with E-state index in [9.17, 15) is 4.79 Å². The maximum absolute atomic E-state index is 10.4. The molecule has 48 valence electrons. The monoisotopic (exact) mass is 170 g/mol. The molecule has 0 aromatic rings. The average molecular weight is 171 g/mol. The summed E-state index contributed by atoms with van der Waals surface area (Å²) in [4.78, 5) is 10.4. The van der Waals surface area contributed by atoms with E-state index < -0.39 is 0 Å². The molecule has 0 unspecified atom stereocenters. The van der Waals surface area contributed by atoms with Gasteiger partial charge in [0.05, 0.1) is 0 Å². The molecule has 0 bridgehead atoms. The van der Waals surface area contributed by atoms with Gasteiger partial charge in [-0.1, -0.05) is 10.8 Å². The Bertz CT molecular complexity index is 78.1. The summed E-state index contributed by atoms with van der Waals surface area (Å²) in [6.45, 7) is 0. The Morgan fingerprint density at radius 2 is 2.25 bits per heavy atom. The third-order valence-corrected chi connectivity index (χ3v) is 3.13. The highest BCUT2D eigenvalue weighted by atomic mass is 35.5.